The fraction of sp³-hybridized carbons (Fsp3) is 0.458. The smallest absolute Gasteiger partial charge is 0.241 e. The minimum absolute atomic E-state index is 0.0303. The Morgan fingerprint density at radius 2 is 1.59 bits per heavy atom. The summed E-state index contributed by atoms with van der Waals surface area (Å²) in [5.74, 6) is -0.244. The van der Waals surface area contributed by atoms with Crippen molar-refractivity contribution in [3.05, 3.63) is 53.1 Å². The van der Waals surface area contributed by atoms with Gasteiger partial charge >= 0.3 is 0 Å². The van der Waals surface area contributed by atoms with E-state index in [1.807, 2.05) is 43.3 Å². The number of hydrogen-bond acceptors (Lipinski definition) is 5. The Kier molecular flexibility index (Phi) is 7.59. The van der Waals surface area contributed by atoms with Crippen LogP contribution in [0, 0.1) is 20.8 Å². The van der Waals surface area contributed by atoms with E-state index in [-0.39, 0.29) is 36.0 Å². The molecule has 0 aliphatic carbocycles. The van der Waals surface area contributed by atoms with Crippen LogP contribution in [0.5, 0.6) is 0 Å². The van der Waals surface area contributed by atoms with Crippen LogP contribution in [-0.4, -0.2) is 46.2 Å². The van der Waals surface area contributed by atoms with Crippen molar-refractivity contribution in [1.29, 1.82) is 0 Å². The second kappa shape index (κ2) is 10.0. The predicted octanol–water partition coefficient (Wildman–Crippen LogP) is 3.53. The second-order valence-electron chi connectivity index (χ2n) is 8.63. The van der Waals surface area contributed by atoms with E-state index in [2.05, 4.69) is 28.8 Å². The van der Waals surface area contributed by atoms with Gasteiger partial charge in [0, 0.05) is 37.4 Å². The molecule has 1 aliphatic heterocycles. The second-order valence-corrected chi connectivity index (χ2v) is 10.3. The quantitative estimate of drug-likeness (QED) is 0.661. The molecule has 1 heterocycles. The number of nitrogens with zero attached hydrogens (tertiary/aromatic N) is 1. The maximum atomic E-state index is 12.7. The van der Waals surface area contributed by atoms with Crippen LogP contribution in [-0.2, 0) is 19.6 Å². The molecule has 0 saturated carbocycles. The van der Waals surface area contributed by atoms with Crippen LogP contribution >= 0.6 is 0 Å². The highest BCUT2D eigenvalue weighted by atomic mass is 32.2. The lowest BCUT2D eigenvalue weighted by atomic mass is 10.1. The molecule has 0 aromatic heterocycles. The topological polar surface area (TPSA) is 87.7 Å². The van der Waals surface area contributed by atoms with Crippen LogP contribution in [0.15, 0.2) is 41.3 Å². The van der Waals surface area contributed by atoms with Gasteiger partial charge in [-0.05, 0) is 70.0 Å². The van der Waals surface area contributed by atoms with Crippen molar-refractivity contribution in [2.45, 2.75) is 58.1 Å². The monoisotopic (exact) mass is 459 g/mol. The lowest BCUT2D eigenvalue weighted by Crippen LogP contribution is -2.45. The number of carbonyl (C=O) groups excluding carboxylic acids is 1. The van der Waals surface area contributed by atoms with Crippen LogP contribution in [0.2, 0.25) is 0 Å². The molecule has 2 N–H and O–H groups in total. The molecular weight excluding hydrogens is 426 g/mol. The summed E-state index contributed by atoms with van der Waals surface area (Å²) in [5.41, 5.74) is 4.18. The Labute approximate surface area is 191 Å². The molecule has 2 aromatic rings. The largest absolute Gasteiger partial charge is 0.372 e. The van der Waals surface area contributed by atoms with Crippen molar-refractivity contribution in [3.8, 4) is 0 Å². The van der Waals surface area contributed by atoms with Gasteiger partial charge in [-0.15, -0.1) is 0 Å². The first-order valence-corrected chi connectivity index (χ1v) is 12.4. The summed E-state index contributed by atoms with van der Waals surface area (Å²) in [7, 11) is -3.68. The molecule has 1 fully saturated rings. The van der Waals surface area contributed by atoms with Crippen LogP contribution in [0.1, 0.15) is 37.0 Å². The van der Waals surface area contributed by atoms with Crippen molar-refractivity contribution < 1.29 is 17.9 Å². The first kappa shape index (κ1) is 24.2. The highest BCUT2D eigenvalue weighted by Crippen LogP contribution is 2.23. The number of benzene rings is 2. The predicted molar refractivity (Wildman–Crippen MR) is 128 cm³/mol. The minimum Gasteiger partial charge on any atom is -0.372 e. The lowest BCUT2D eigenvalue weighted by molar-refractivity contribution is -0.116. The summed E-state index contributed by atoms with van der Waals surface area (Å²) in [4.78, 5) is 14.9. The Hall–Kier alpha value is -2.42. The molecular formula is C24H33N3O4S. The summed E-state index contributed by atoms with van der Waals surface area (Å²) in [5, 5.41) is 2.83. The first-order chi connectivity index (χ1) is 15.0. The minimum atomic E-state index is -3.68. The number of morpholine rings is 1. The molecule has 0 radical (unpaired) electrons. The van der Waals surface area contributed by atoms with Crippen molar-refractivity contribution >= 4 is 27.3 Å². The Morgan fingerprint density at radius 1 is 1.03 bits per heavy atom. The van der Waals surface area contributed by atoms with Crippen molar-refractivity contribution in [1.82, 2.24) is 4.72 Å². The van der Waals surface area contributed by atoms with E-state index >= 15 is 0 Å². The lowest BCUT2D eigenvalue weighted by Gasteiger charge is -2.36. The zero-order valence-electron chi connectivity index (χ0n) is 19.4. The molecule has 32 heavy (non-hydrogen) atoms. The average molecular weight is 460 g/mol. The zero-order valence-corrected chi connectivity index (χ0v) is 20.3. The number of carbonyl (C=O) groups is 1. The van der Waals surface area contributed by atoms with Gasteiger partial charge in [0.1, 0.15) is 0 Å². The molecule has 1 saturated heterocycles. The number of anilines is 2. The van der Waals surface area contributed by atoms with E-state index in [9.17, 15) is 13.2 Å². The number of sulfonamides is 1. The Bertz CT molecular complexity index is 1030. The molecule has 1 aliphatic rings. The molecule has 3 rings (SSSR count). The van der Waals surface area contributed by atoms with Crippen LogP contribution < -0.4 is 14.9 Å². The van der Waals surface area contributed by atoms with Crippen LogP contribution in [0.25, 0.3) is 0 Å². The molecule has 174 valence electrons. The number of aryl methyl sites for hydroxylation is 3. The van der Waals surface area contributed by atoms with Gasteiger partial charge < -0.3 is 15.0 Å². The summed E-state index contributed by atoms with van der Waals surface area (Å²) in [6.07, 6.45) is 0.396. The van der Waals surface area contributed by atoms with E-state index in [0.29, 0.717) is 16.8 Å². The summed E-state index contributed by atoms with van der Waals surface area (Å²) in [6, 6.07) is 11.4. The van der Waals surface area contributed by atoms with Gasteiger partial charge in [0.05, 0.1) is 17.1 Å². The van der Waals surface area contributed by atoms with Gasteiger partial charge in [0.15, 0.2) is 0 Å². The number of amides is 1. The van der Waals surface area contributed by atoms with Crippen molar-refractivity contribution in [2.75, 3.05) is 29.9 Å². The fourth-order valence-electron chi connectivity index (χ4n) is 4.33. The molecule has 0 spiro atoms. The van der Waals surface area contributed by atoms with Crippen LogP contribution in [0.4, 0.5) is 11.4 Å². The Morgan fingerprint density at radius 3 is 2.16 bits per heavy atom. The van der Waals surface area contributed by atoms with Gasteiger partial charge in [-0.3, -0.25) is 4.79 Å². The van der Waals surface area contributed by atoms with Gasteiger partial charge in [0.25, 0.3) is 0 Å². The summed E-state index contributed by atoms with van der Waals surface area (Å²) >= 11 is 0. The SMILES string of the molecule is Cc1cc(C)c(S(=O)(=O)NCCC(=O)Nc2ccc(N3CC(C)OC(C)C3)cc2)c(C)c1. The van der Waals surface area contributed by atoms with Gasteiger partial charge in [-0.1, -0.05) is 17.7 Å². The number of rotatable bonds is 7. The highest BCUT2D eigenvalue weighted by Gasteiger charge is 2.22. The van der Waals surface area contributed by atoms with Gasteiger partial charge in [-0.2, -0.15) is 0 Å². The maximum Gasteiger partial charge on any atom is 0.241 e. The molecule has 2 unspecified atom stereocenters. The first-order valence-electron chi connectivity index (χ1n) is 10.9. The van der Waals surface area contributed by atoms with E-state index in [1.54, 1.807) is 13.8 Å². The molecule has 8 heteroatoms. The number of nitrogens with one attached hydrogen (secondary N) is 2. The molecule has 2 aromatic carbocycles. The molecule has 7 nitrogen and oxygen atoms in total. The Balaban J connectivity index is 1.53. The zero-order chi connectivity index (χ0) is 23.5. The van der Waals surface area contributed by atoms with E-state index in [4.69, 9.17) is 4.74 Å². The van der Waals surface area contributed by atoms with Crippen molar-refractivity contribution in [3.63, 3.8) is 0 Å². The van der Waals surface area contributed by atoms with E-state index in [1.165, 1.54) is 0 Å². The normalized spacial score (nSPS) is 19.1. The highest BCUT2D eigenvalue weighted by molar-refractivity contribution is 7.89. The maximum absolute atomic E-state index is 12.7. The average Bonchev–Trinajstić information content (AvgIpc) is 2.66. The molecule has 0 bridgehead atoms. The third-order valence-corrected chi connectivity index (χ3v) is 7.22. The third kappa shape index (κ3) is 6.09. The van der Waals surface area contributed by atoms with E-state index in [0.717, 1.165) is 24.3 Å². The fourth-order valence-corrected chi connectivity index (χ4v) is 5.81. The molecule has 1 amide bonds. The summed E-state index contributed by atoms with van der Waals surface area (Å²) < 4.78 is 33.7. The van der Waals surface area contributed by atoms with Crippen LogP contribution in [0.3, 0.4) is 0 Å². The number of hydrogen-bond donors (Lipinski definition) is 2. The molecule has 2 atom stereocenters. The summed E-state index contributed by atoms with van der Waals surface area (Å²) in [6.45, 7) is 11.3. The third-order valence-electron chi connectivity index (χ3n) is 5.45. The number of ether oxygens (including phenoxy) is 1. The van der Waals surface area contributed by atoms with E-state index < -0.39 is 10.0 Å². The van der Waals surface area contributed by atoms with Gasteiger partial charge in [0.2, 0.25) is 15.9 Å². The van der Waals surface area contributed by atoms with Crippen molar-refractivity contribution in [2.24, 2.45) is 0 Å². The standard InChI is InChI=1S/C24H33N3O4S/c1-16-12-17(2)24(18(3)13-16)32(29,30)25-11-10-23(28)26-21-6-8-22(9-7-21)27-14-19(4)31-20(5)15-27/h6-9,12-13,19-20,25H,10-11,14-15H2,1-5H3,(H,26,28). The van der Waals surface area contributed by atoms with Gasteiger partial charge in [-0.25, -0.2) is 13.1 Å².